The Morgan fingerprint density at radius 2 is 1.48 bits per heavy atom. The van der Waals surface area contributed by atoms with Gasteiger partial charge in [0.25, 0.3) is 0 Å². The average Bonchev–Trinajstić information content (AvgIpc) is 3.17. The molecule has 0 saturated carbocycles. The number of aromatic nitrogens is 1. The van der Waals surface area contributed by atoms with E-state index in [1.807, 2.05) is 84.9 Å². The summed E-state index contributed by atoms with van der Waals surface area (Å²) < 4.78 is 5.20. The first-order chi connectivity index (χ1) is 14.2. The van der Waals surface area contributed by atoms with E-state index < -0.39 is 5.97 Å². The number of fused-ring (bicyclic) bond motifs is 1. The molecule has 0 unspecified atom stereocenters. The lowest BCUT2D eigenvalue weighted by atomic mass is 10.0. The molecule has 4 nitrogen and oxygen atoms in total. The summed E-state index contributed by atoms with van der Waals surface area (Å²) in [6.07, 6.45) is 2.99. The highest BCUT2D eigenvalue weighted by Gasteiger charge is 2.20. The molecule has 142 valence electrons. The van der Waals surface area contributed by atoms with E-state index in [2.05, 4.69) is 4.98 Å². The Morgan fingerprint density at radius 1 is 0.828 bits per heavy atom. The predicted molar refractivity (Wildman–Crippen MR) is 115 cm³/mol. The van der Waals surface area contributed by atoms with E-state index in [1.54, 1.807) is 6.08 Å². The van der Waals surface area contributed by atoms with Crippen molar-refractivity contribution in [3.8, 4) is 11.3 Å². The summed E-state index contributed by atoms with van der Waals surface area (Å²) in [5.74, 6) is -0.800. The Labute approximate surface area is 168 Å². The SMILES string of the molecule is O=C(/C=C/c1ccccc1)OCC(=O)c1c(-c2ccccc2)[nH]c2ccccc12. The van der Waals surface area contributed by atoms with Gasteiger partial charge in [0.15, 0.2) is 6.61 Å². The molecule has 29 heavy (non-hydrogen) atoms. The number of Topliss-reactive ketones (excluding diaryl/α,β-unsaturated/α-hetero) is 1. The molecule has 0 spiro atoms. The number of para-hydroxylation sites is 1. The standard InChI is InChI=1S/C25H19NO3/c27-22(17-29-23(28)16-15-18-9-3-1-4-10-18)24-20-13-7-8-14-21(20)26-25(24)19-11-5-2-6-12-19/h1-16,26H,17H2/b16-15+. The van der Waals surface area contributed by atoms with E-state index in [-0.39, 0.29) is 12.4 Å². The van der Waals surface area contributed by atoms with Gasteiger partial charge >= 0.3 is 5.97 Å². The maximum atomic E-state index is 13.0. The number of carbonyl (C=O) groups excluding carboxylic acids is 2. The number of aromatic amines is 1. The second-order valence-corrected chi connectivity index (χ2v) is 6.56. The fourth-order valence-electron chi connectivity index (χ4n) is 3.24. The van der Waals surface area contributed by atoms with E-state index >= 15 is 0 Å². The number of ketones is 1. The molecule has 0 aliphatic carbocycles. The van der Waals surface area contributed by atoms with Crippen molar-refractivity contribution in [1.29, 1.82) is 0 Å². The van der Waals surface area contributed by atoms with Crippen LogP contribution in [0.1, 0.15) is 15.9 Å². The molecule has 1 N–H and O–H groups in total. The molecule has 4 aromatic rings. The van der Waals surface area contributed by atoms with Crippen LogP contribution in [0.5, 0.6) is 0 Å². The molecule has 0 bridgehead atoms. The molecule has 0 saturated heterocycles. The van der Waals surface area contributed by atoms with Gasteiger partial charge in [-0.25, -0.2) is 4.79 Å². The molecule has 0 radical (unpaired) electrons. The summed E-state index contributed by atoms with van der Waals surface area (Å²) in [6, 6.07) is 26.7. The number of benzene rings is 3. The maximum absolute atomic E-state index is 13.0. The fraction of sp³-hybridized carbons (Fsp3) is 0.0400. The lowest BCUT2D eigenvalue weighted by Gasteiger charge is -2.05. The number of rotatable bonds is 6. The van der Waals surface area contributed by atoms with Crippen LogP contribution in [0.25, 0.3) is 28.2 Å². The summed E-state index contributed by atoms with van der Waals surface area (Å²) in [5, 5.41) is 0.812. The van der Waals surface area contributed by atoms with Crippen LogP contribution >= 0.6 is 0 Å². The monoisotopic (exact) mass is 381 g/mol. The molecule has 4 rings (SSSR count). The van der Waals surface area contributed by atoms with E-state index in [0.717, 1.165) is 27.7 Å². The van der Waals surface area contributed by atoms with Crippen LogP contribution in [0.2, 0.25) is 0 Å². The summed E-state index contributed by atoms with van der Waals surface area (Å²) in [4.78, 5) is 28.3. The molecule has 0 aliphatic heterocycles. The van der Waals surface area contributed by atoms with Crippen molar-refractivity contribution in [3.63, 3.8) is 0 Å². The quantitative estimate of drug-likeness (QED) is 0.281. The zero-order valence-electron chi connectivity index (χ0n) is 15.7. The van der Waals surface area contributed by atoms with Gasteiger partial charge in [-0.05, 0) is 23.3 Å². The molecule has 4 heteroatoms. The van der Waals surface area contributed by atoms with Crippen LogP contribution in [-0.4, -0.2) is 23.3 Å². The first-order valence-electron chi connectivity index (χ1n) is 9.31. The van der Waals surface area contributed by atoms with Crippen molar-refractivity contribution in [1.82, 2.24) is 4.98 Å². The van der Waals surface area contributed by atoms with Crippen molar-refractivity contribution >= 4 is 28.7 Å². The number of nitrogens with one attached hydrogen (secondary N) is 1. The number of carbonyl (C=O) groups is 2. The van der Waals surface area contributed by atoms with E-state index in [9.17, 15) is 9.59 Å². The Morgan fingerprint density at radius 3 is 2.24 bits per heavy atom. The smallest absolute Gasteiger partial charge is 0.331 e. The van der Waals surface area contributed by atoms with Gasteiger partial charge in [-0.1, -0.05) is 78.9 Å². The van der Waals surface area contributed by atoms with Gasteiger partial charge in [0.05, 0.1) is 11.3 Å². The molecule has 1 heterocycles. The van der Waals surface area contributed by atoms with Crippen LogP contribution in [0, 0.1) is 0 Å². The average molecular weight is 381 g/mol. The van der Waals surface area contributed by atoms with Crippen LogP contribution < -0.4 is 0 Å². The highest BCUT2D eigenvalue weighted by Crippen LogP contribution is 2.30. The molecule has 0 fully saturated rings. The number of esters is 1. The lowest BCUT2D eigenvalue weighted by Crippen LogP contribution is -2.13. The van der Waals surface area contributed by atoms with E-state index in [0.29, 0.717) is 5.56 Å². The first kappa shape index (κ1) is 18.4. The van der Waals surface area contributed by atoms with Crippen molar-refractivity contribution in [3.05, 3.63) is 102 Å². The van der Waals surface area contributed by atoms with E-state index in [4.69, 9.17) is 4.74 Å². The van der Waals surface area contributed by atoms with Crippen molar-refractivity contribution < 1.29 is 14.3 Å². The van der Waals surface area contributed by atoms with Gasteiger partial charge in [0, 0.05) is 17.0 Å². The lowest BCUT2D eigenvalue weighted by molar-refractivity contribution is -0.136. The van der Waals surface area contributed by atoms with Gasteiger partial charge in [-0.15, -0.1) is 0 Å². The maximum Gasteiger partial charge on any atom is 0.331 e. The van der Waals surface area contributed by atoms with Crippen molar-refractivity contribution in [2.24, 2.45) is 0 Å². The van der Waals surface area contributed by atoms with Gasteiger partial charge in [-0.3, -0.25) is 4.79 Å². The Balaban J connectivity index is 1.55. The second kappa shape index (κ2) is 8.40. The third-order valence-corrected chi connectivity index (χ3v) is 4.60. The number of hydrogen-bond acceptors (Lipinski definition) is 3. The third kappa shape index (κ3) is 4.17. The number of ether oxygens (including phenoxy) is 1. The van der Waals surface area contributed by atoms with Crippen LogP contribution in [0.3, 0.4) is 0 Å². The van der Waals surface area contributed by atoms with Gasteiger partial charge in [-0.2, -0.15) is 0 Å². The van der Waals surface area contributed by atoms with Crippen molar-refractivity contribution in [2.75, 3.05) is 6.61 Å². The summed E-state index contributed by atoms with van der Waals surface area (Å²) in [6.45, 7) is -0.320. The van der Waals surface area contributed by atoms with Crippen LogP contribution in [-0.2, 0) is 9.53 Å². The van der Waals surface area contributed by atoms with Gasteiger partial charge in [0.2, 0.25) is 5.78 Å². The third-order valence-electron chi connectivity index (χ3n) is 4.60. The minimum absolute atomic E-state index is 0.247. The highest BCUT2D eigenvalue weighted by molar-refractivity contribution is 6.14. The molecule has 3 aromatic carbocycles. The second-order valence-electron chi connectivity index (χ2n) is 6.56. The number of H-pyrrole nitrogens is 1. The minimum atomic E-state index is -0.552. The Hall–Kier alpha value is -3.92. The largest absolute Gasteiger partial charge is 0.454 e. The molecule has 0 aliphatic rings. The zero-order valence-corrected chi connectivity index (χ0v) is 15.7. The van der Waals surface area contributed by atoms with E-state index in [1.165, 1.54) is 6.08 Å². The minimum Gasteiger partial charge on any atom is -0.454 e. The number of hydrogen-bond donors (Lipinski definition) is 1. The van der Waals surface area contributed by atoms with Gasteiger partial charge in [0.1, 0.15) is 0 Å². The molecule has 0 atom stereocenters. The Bertz CT molecular complexity index is 1170. The predicted octanol–water partition coefficient (Wildman–Crippen LogP) is 5.27. The van der Waals surface area contributed by atoms with Crippen molar-refractivity contribution in [2.45, 2.75) is 0 Å². The summed E-state index contributed by atoms with van der Waals surface area (Å²) in [7, 11) is 0. The highest BCUT2D eigenvalue weighted by atomic mass is 16.5. The zero-order chi connectivity index (χ0) is 20.1. The molecule has 1 aromatic heterocycles. The van der Waals surface area contributed by atoms with Crippen LogP contribution in [0.4, 0.5) is 0 Å². The molecular weight excluding hydrogens is 362 g/mol. The molecular formula is C25H19NO3. The Kier molecular flexibility index (Phi) is 5.34. The van der Waals surface area contributed by atoms with Gasteiger partial charge < -0.3 is 9.72 Å². The normalized spacial score (nSPS) is 11.0. The summed E-state index contributed by atoms with van der Waals surface area (Å²) in [5.41, 5.74) is 3.92. The fourth-order valence-corrected chi connectivity index (χ4v) is 3.24. The van der Waals surface area contributed by atoms with Crippen LogP contribution in [0.15, 0.2) is 91.0 Å². The summed E-state index contributed by atoms with van der Waals surface area (Å²) >= 11 is 0. The molecule has 0 amide bonds. The first-order valence-corrected chi connectivity index (χ1v) is 9.31. The topological polar surface area (TPSA) is 59.2 Å².